The van der Waals surface area contributed by atoms with Gasteiger partial charge in [-0.3, -0.25) is 14.8 Å². The summed E-state index contributed by atoms with van der Waals surface area (Å²) in [5, 5.41) is 10.1. The molecule has 1 amide bonds. The quantitative estimate of drug-likeness (QED) is 0.691. The lowest BCUT2D eigenvalue weighted by atomic mass is 10.1. The molecule has 1 saturated heterocycles. The molecule has 1 aromatic heterocycles. The molecular formula is C21H19F3N4O. The average molecular weight is 400 g/mol. The van der Waals surface area contributed by atoms with Crippen LogP contribution in [-0.2, 0) is 4.79 Å². The van der Waals surface area contributed by atoms with Crippen molar-refractivity contribution in [3.8, 4) is 0 Å². The summed E-state index contributed by atoms with van der Waals surface area (Å²) < 4.78 is 40.8. The minimum atomic E-state index is -0.942. The van der Waals surface area contributed by atoms with Crippen molar-refractivity contribution >= 4 is 34.6 Å². The molecule has 3 aromatic rings. The maximum Gasteiger partial charge on any atom is 0.241 e. The number of benzene rings is 2. The first-order valence-electron chi connectivity index (χ1n) is 9.24. The molecule has 0 radical (unpaired) electrons. The second-order valence-electron chi connectivity index (χ2n) is 7.12. The molecule has 8 heteroatoms. The van der Waals surface area contributed by atoms with E-state index in [1.54, 1.807) is 12.2 Å². The Labute approximate surface area is 165 Å². The van der Waals surface area contributed by atoms with Crippen LogP contribution < -0.4 is 5.32 Å². The van der Waals surface area contributed by atoms with Gasteiger partial charge in [-0.05, 0) is 56.3 Å². The van der Waals surface area contributed by atoms with Crippen molar-refractivity contribution in [2.75, 3.05) is 18.9 Å². The van der Waals surface area contributed by atoms with E-state index in [-0.39, 0.29) is 17.6 Å². The highest BCUT2D eigenvalue weighted by Gasteiger charge is 2.28. The Morgan fingerprint density at radius 3 is 2.72 bits per heavy atom. The number of amides is 1. The van der Waals surface area contributed by atoms with E-state index in [0.717, 1.165) is 31.5 Å². The minimum Gasteiger partial charge on any atom is -0.322 e. The predicted molar refractivity (Wildman–Crippen MR) is 106 cm³/mol. The number of fused-ring (bicyclic) bond motifs is 1. The van der Waals surface area contributed by atoms with Crippen molar-refractivity contribution in [3.05, 3.63) is 59.0 Å². The summed E-state index contributed by atoms with van der Waals surface area (Å²) >= 11 is 0. The molecule has 2 heterocycles. The topological polar surface area (TPSA) is 61.0 Å². The number of aromatic amines is 1. The second-order valence-corrected chi connectivity index (χ2v) is 7.12. The number of anilines is 1. The smallest absolute Gasteiger partial charge is 0.241 e. The molecule has 0 unspecified atom stereocenters. The Balaban J connectivity index is 1.61. The largest absolute Gasteiger partial charge is 0.322 e. The Hall–Kier alpha value is -3.13. The number of nitrogens with zero attached hydrogens (tertiary/aromatic N) is 2. The van der Waals surface area contributed by atoms with Crippen molar-refractivity contribution < 1.29 is 18.0 Å². The third-order valence-electron chi connectivity index (χ3n) is 5.14. The number of aromatic nitrogens is 2. The molecule has 0 bridgehead atoms. The van der Waals surface area contributed by atoms with Gasteiger partial charge in [-0.25, -0.2) is 13.2 Å². The zero-order chi connectivity index (χ0) is 20.5. The molecule has 1 atom stereocenters. The lowest BCUT2D eigenvalue weighted by Crippen LogP contribution is -2.37. The van der Waals surface area contributed by atoms with Gasteiger partial charge in [0, 0.05) is 11.5 Å². The third kappa shape index (κ3) is 3.88. The molecule has 150 valence electrons. The number of likely N-dealkylation sites (N-methyl/N-ethyl adjacent to an activating group) is 1. The van der Waals surface area contributed by atoms with Crippen LogP contribution in [0, 0.1) is 17.5 Å². The van der Waals surface area contributed by atoms with Gasteiger partial charge in [-0.1, -0.05) is 12.1 Å². The number of hydrogen-bond acceptors (Lipinski definition) is 3. The van der Waals surface area contributed by atoms with E-state index in [4.69, 9.17) is 0 Å². The molecule has 0 spiro atoms. The SMILES string of the molecule is CN1CCC[C@H]1C(=O)Nc1cc2c(C=Cc3ccc(F)c(F)c3)n[nH]c2cc1F. The summed E-state index contributed by atoms with van der Waals surface area (Å²) in [5.41, 5.74) is 1.48. The van der Waals surface area contributed by atoms with Crippen molar-refractivity contribution in [2.24, 2.45) is 0 Å². The summed E-state index contributed by atoms with van der Waals surface area (Å²) in [4.78, 5) is 14.4. The maximum atomic E-state index is 14.4. The lowest BCUT2D eigenvalue weighted by Gasteiger charge is -2.18. The fourth-order valence-electron chi connectivity index (χ4n) is 3.53. The van der Waals surface area contributed by atoms with Gasteiger partial charge in [0.15, 0.2) is 11.6 Å². The van der Waals surface area contributed by atoms with E-state index >= 15 is 0 Å². The van der Waals surface area contributed by atoms with Crippen LogP contribution >= 0.6 is 0 Å². The van der Waals surface area contributed by atoms with Gasteiger partial charge in [0.25, 0.3) is 0 Å². The van der Waals surface area contributed by atoms with E-state index < -0.39 is 17.5 Å². The molecule has 29 heavy (non-hydrogen) atoms. The first-order valence-corrected chi connectivity index (χ1v) is 9.24. The first-order chi connectivity index (χ1) is 13.9. The molecule has 2 aromatic carbocycles. The molecule has 1 aliphatic rings. The zero-order valence-electron chi connectivity index (χ0n) is 15.7. The van der Waals surface area contributed by atoms with Crippen LogP contribution in [0.15, 0.2) is 30.3 Å². The Kier molecular flexibility index (Phi) is 5.10. The second kappa shape index (κ2) is 7.71. The lowest BCUT2D eigenvalue weighted by molar-refractivity contribution is -0.119. The van der Waals surface area contributed by atoms with Gasteiger partial charge in [0.1, 0.15) is 5.82 Å². The standard InChI is InChI=1S/C21H19F3N4O/c1-28-8-2-3-20(28)21(29)25-19-10-13-17(26-27-18(13)11-16(19)24)7-5-12-4-6-14(22)15(23)9-12/h4-7,9-11,20H,2-3,8H2,1H3,(H,25,29)(H,26,27)/t20-/m0/s1. The highest BCUT2D eigenvalue weighted by atomic mass is 19.2. The fraction of sp³-hybridized carbons (Fsp3) is 0.238. The summed E-state index contributed by atoms with van der Waals surface area (Å²) in [6.45, 7) is 0.834. The van der Waals surface area contributed by atoms with E-state index in [1.165, 1.54) is 18.2 Å². The Morgan fingerprint density at radius 2 is 2.00 bits per heavy atom. The van der Waals surface area contributed by atoms with Crippen molar-refractivity contribution in [2.45, 2.75) is 18.9 Å². The number of H-pyrrole nitrogens is 1. The van der Waals surface area contributed by atoms with Gasteiger partial charge in [-0.2, -0.15) is 5.10 Å². The summed E-state index contributed by atoms with van der Waals surface area (Å²) in [7, 11) is 1.87. The van der Waals surface area contributed by atoms with E-state index in [2.05, 4.69) is 15.5 Å². The number of rotatable bonds is 4. The van der Waals surface area contributed by atoms with Crippen molar-refractivity contribution in [1.29, 1.82) is 0 Å². The summed E-state index contributed by atoms with van der Waals surface area (Å²) in [5.74, 6) is -2.67. The molecular weight excluding hydrogens is 381 g/mol. The fourth-order valence-corrected chi connectivity index (χ4v) is 3.53. The first kappa shape index (κ1) is 19.2. The van der Waals surface area contributed by atoms with Crippen molar-refractivity contribution in [3.63, 3.8) is 0 Å². The van der Waals surface area contributed by atoms with Crippen LogP contribution in [0.3, 0.4) is 0 Å². The normalized spacial score (nSPS) is 17.4. The summed E-state index contributed by atoms with van der Waals surface area (Å²) in [6.07, 6.45) is 4.85. The molecule has 5 nitrogen and oxygen atoms in total. The highest BCUT2D eigenvalue weighted by molar-refractivity contribution is 5.98. The van der Waals surface area contributed by atoms with Gasteiger partial charge < -0.3 is 5.32 Å². The van der Waals surface area contributed by atoms with Crippen molar-refractivity contribution in [1.82, 2.24) is 15.1 Å². The molecule has 1 aliphatic heterocycles. The minimum absolute atomic E-state index is 0.0756. The third-order valence-corrected chi connectivity index (χ3v) is 5.14. The van der Waals surface area contributed by atoms with Crippen LogP contribution in [0.5, 0.6) is 0 Å². The number of halogens is 3. The number of carbonyl (C=O) groups excluding carboxylic acids is 1. The zero-order valence-corrected chi connectivity index (χ0v) is 15.7. The van der Waals surface area contributed by atoms with Crippen LogP contribution in [-0.4, -0.2) is 40.6 Å². The van der Waals surface area contributed by atoms with Gasteiger partial charge in [0.05, 0.1) is 22.9 Å². The predicted octanol–water partition coefficient (Wildman–Crippen LogP) is 4.18. The molecule has 2 N–H and O–H groups in total. The Morgan fingerprint density at radius 1 is 1.17 bits per heavy atom. The van der Waals surface area contributed by atoms with Crippen LogP contribution in [0.25, 0.3) is 23.1 Å². The number of hydrogen-bond donors (Lipinski definition) is 2. The van der Waals surface area contributed by atoms with Crippen LogP contribution in [0.1, 0.15) is 24.1 Å². The molecule has 4 rings (SSSR count). The van der Waals surface area contributed by atoms with E-state index in [9.17, 15) is 18.0 Å². The van der Waals surface area contributed by atoms with Crippen LogP contribution in [0.2, 0.25) is 0 Å². The van der Waals surface area contributed by atoms with Crippen LogP contribution in [0.4, 0.5) is 18.9 Å². The number of carbonyl (C=O) groups is 1. The molecule has 1 fully saturated rings. The van der Waals surface area contributed by atoms with Gasteiger partial charge in [-0.15, -0.1) is 0 Å². The van der Waals surface area contributed by atoms with Gasteiger partial charge >= 0.3 is 0 Å². The maximum absolute atomic E-state index is 14.4. The molecule has 0 saturated carbocycles. The van der Waals surface area contributed by atoms with E-state index in [1.807, 2.05) is 11.9 Å². The monoisotopic (exact) mass is 400 g/mol. The van der Waals surface area contributed by atoms with Gasteiger partial charge in [0.2, 0.25) is 5.91 Å². The highest BCUT2D eigenvalue weighted by Crippen LogP contribution is 2.26. The van der Waals surface area contributed by atoms with E-state index in [0.29, 0.717) is 22.2 Å². The molecule has 0 aliphatic carbocycles. The number of likely N-dealkylation sites (tertiary alicyclic amines) is 1. The number of nitrogens with one attached hydrogen (secondary N) is 2. The average Bonchev–Trinajstić information content (AvgIpc) is 3.29. The Bertz CT molecular complexity index is 1110. The summed E-state index contributed by atoms with van der Waals surface area (Å²) in [6, 6.07) is 6.07.